The molecule has 3 rings (SSSR count). The number of rotatable bonds is 10. The van der Waals surface area contributed by atoms with Crippen molar-refractivity contribution < 1.29 is 19.3 Å². The third kappa shape index (κ3) is 5.84. The average Bonchev–Trinajstić information content (AvgIpc) is 3.45. The highest BCUT2D eigenvalue weighted by Gasteiger charge is 2.24. The van der Waals surface area contributed by atoms with Gasteiger partial charge in [0.05, 0.1) is 20.3 Å². The van der Waals surface area contributed by atoms with Crippen molar-refractivity contribution in [2.45, 2.75) is 25.5 Å². The van der Waals surface area contributed by atoms with E-state index in [2.05, 4.69) is 22.9 Å². The van der Waals surface area contributed by atoms with Gasteiger partial charge in [0.15, 0.2) is 11.5 Å². The Hall–Kier alpha value is -1.34. The standard InChI is InChI=1S/C20H32N2O4/c1-21(12-16-6-7-16)13-17-4-3-5-19(24-2)20(17)26-15-18(23)14-22-8-10-25-11-9-22/h3-5,16,18,23H,6-15H2,1-2H3. The fourth-order valence-electron chi connectivity index (χ4n) is 3.42. The maximum absolute atomic E-state index is 10.4. The first-order chi connectivity index (χ1) is 12.7. The van der Waals surface area contributed by atoms with Gasteiger partial charge in [-0.3, -0.25) is 4.90 Å². The Bertz CT molecular complexity index is 559. The molecular weight excluding hydrogens is 332 g/mol. The van der Waals surface area contributed by atoms with E-state index in [0.29, 0.717) is 6.54 Å². The summed E-state index contributed by atoms with van der Waals surface area (Å²) in [5.41, 5.74) is 1.10. The zero-order valence-corrected chi connectivity index (χ0v) is 16.0. The van der Waals surface area contributed by atoms with Gasteiger partial charge in [-0.15, -0.1) is 0 Å². The van der Waals surface area contributed by atoms with Crippen LogP contribution in [0.5, 0.6) is 11.5 Å². The van der Waals surface area contributed by atoms with Crippen molar-refractivity contribution in [2.24, 2.45) is 5.92 Å². The average molecular weight is 364 g/mol. The van der Waals surface area contributed by atoms with Crippen molar-refractivity contribution in [3.63, 3.8) is 0 Å². The van der Waals surface area contributed by atoms with Crippen LogP contribution in [-0.2, 0) is 11.3 Å². The predicted molar refractivity (Wildman–Crippen MR) is 101 cm³/mol. The van der Waals surface area contributed by atoms with Crippen LogP contribution in [0.3, 0.4) is 0 Å². The number of nitrogens with zero attached hydrogens (tertiary/aromatic N) is 2. The van der Waals surface area contributed by atoms with Gasteiger partial charge in [0.1, 0.15) is 12.7 Å². The Morgan fingerprint density at radius 3 is 2.77 bits per heavy atom. The molecule has 1 saturated heterocycles. The molecule has 1 N–H and O–H groups in total. The summed E-state index contributed by atoms with van der Waals surface area (Å²) in [6.45, 7) is 6.01. The van der Waals surface area contributed by atoms with E-state index in [1.54, 1.807) is 7.11 Å². The van der Waals surface area contributed by atoms with Crippen LogP contribution < -0.4 is 9.47 Å². The molecule has 1 aromatic rings. The summed E-state index contributed by atoms with van der Waals surface area (Å²) in [6.07, 6.45) is 2.16. The summed E-state index contributed by atoms with van der Waals surface area (Å²) >= 11 is 0. The maximum Gasteiger partial charge on any atom is 0.165 e. The smallest absolute Gasteiger partial charge is 0.165 e. The third-order valence-corrected chi connectivity index (χ3v) is 4.98. The van der Waals surface area contributed by atoms with Gasteiger partial charge < -0.3 is 24.2 Å². The Balaban J connectivity index is 1.57. The molecule has 6 heteroatoms. The van der Waals surface area contributed by atoms with Gasteiger partial charge in [-0.1, -0.05) is 12.1 Å². The number of hydrogen-bond acceptors (Lipinski definition) is 6. The van der Waals surface area contributed by atoms with Gasteiger partial charge in [-0.2, -0.15) is 0 Å². The molecule has 0 aromatic heterocycles. The van der Waals surface area contributed by atoms with E-state index in [1.807, 2.05) is 12.1 Å². The van der Waals surface area contributed by atoms with Crippen LogP contribution in [0.2, 0.25) is 0 Å². The lowest BCUT2D eigenvalue weighted by molar-refractivity contribution is 0.00432. The number of benzene rings is 1. The van der Waals surface area contributed by atoms with Crippen LogP contribution >= 0.6 is 0 Å². The van der Waals surface area contributed by atoms with Gasteiger partial charge in [0, 0.05) is 38.3 Å². The van der Waals surface area contributed by atoms with E-state index in [4.69, 9.17) is 14.2 Å². The minimum Gasteiger partial charge on any atom is -0.493 e. The van der Waals surface area contributed by atoms with Crippen LogP contribution in [0.15, 0.2) is 18.2 Å². The van der Waals surface area contributed by atoms with E-state index < -0.39 is 6.10 Å². The van der Waals surface area contributed by atoms with Crippen molar-refractivity contribution >= 4 is 0 Å². The second kappa shape index (κ2) is 9.55. The summed E-state index contributed by atoms with van der Waals surface area (Å²) in [7, 11) is 3.80. The SMILES string of the molecule is COc1cccc(CN(C)CC2CC2)c1OCC(O)CN1CCOCC1. The first kappa shape index (κ1) is 19.4. The molecule has 2 fully saturated rings. The Morgan fingerprint density at radius 1 is 1.31 bits per heavy atom. The lowest BCUT2D eigenvalue weighted by Gasteiger charge is -2.28. The zero-order valence-electron chi connectivity index (χ0n) is 16.0. The molecule has 1 saturated carbocycles. The van der Waals surface area contributed by atoms with Gasteiger partial charge in [0.25, 0.3) is 0 Å². The topological polar surface area (TPSA) is 54.4 Å². The van der Waals surface area contributed by atoms with Gasteiger partial charge in [-0.05, 0) is 31.9 Å². The maximum atomic E-state index is 10.4. The van der Waals surface area contributed by atoms with E-state index in [-0.39, 0.29) is 6.61 Å². The largest absolute Gasteiger partial charge is 0.493 e. The molecule has 146 valence electrons. The first-order valence-electron chi connectivity index (χ1n) is 9.61. The highest BCUT2D eigenvalue weighted by atomic mass is 16.5. The lowest BCUT2D eigenvalue weighted by Crippen LogP contribution is -2.42. The molecule has 0 spiro atoms. The Morgan fingerprint density at radius 2 is 2.08 bits per heavy atom. The highest BCUT2D eigenvalue weighted by Crippen LogP contribution is 2.34. The van der Waals surface area contributed by atoms with E-state index in [0.717, 1.165) is 62.4 Å². The van der Waals surface area contributed by atoms with Crippen molar-refractivity contribution in [2.75, 3.05) is 60.2 Å². The molecule has 1 atom stereocenters. The molecule has 1 aromatic carbocycles. The van der Waals surface area contributed by atoms with E-state index in [9.17, 15) is 5.11 Å². The Labute approximate surface area is 156 Å². The Kier molecular flexibility index (Phi) is 7.14. The minimum atomic E-state index is -0.532. The third-order valence-electron chi connectivity index (χ3n) is 4.98. The number of ether oxygens (including phenoxy) is 3. The monoisotopic (exact) mass is 364 g/mol. The highest BCUT2D eigenvalue weighted by molar-refractivity contribution is 5.46. The molecular formula is C20H32N2O4. The predicted octanol–water partition coefficient (Wildman–Crippen LogP) is 1.61. The molecule has 0 radical (unpaired) electrons. The van der Waals surface area contributed by atoms with Crippen LogP contribution in [0.4, 0.5) is 0 Å². The second-order valence-corrected chi connectivity index (χ2v) is 7.47. The zero-order chi connectivity index (χ0) is 18.4. The van der Waals surface area contributed by atoms with Crippen molar-refractivity contribution in [3.05, 3.63) is 23.8 Å². The van der Waals surface area contributed by atoms with Crippen molar-refractivity contribution in [1.29, 1.82) is 0 Å². The van der Waals surface area contributed by atoms with Crippen molar-refractivity contribution in [3.8, 4) is 11.5 Å². The number of morpholine rings is 1. The summed E-state index contributed by atoms with van der Waals surface area (Å²) in [5, 5.41) is 10.4. The molecule has 6 nitrogen and oxygen atoms in total. The molecule has 2 aliphatic rings. The summed E-state index contributed by atoms with van der Waals surface area (Å²) in [4.78, 5) is 4.55. The molecule has 0 bridgehead atoms. The fourth-order valence-corrected chi connectivity index (χ4v) is 3.42. The van der Waals surface area contributed by atoms with Crippen LogP contribution in [0.25, 0.3) is 0 Å². The molecule has 1 unspecified atom stereocenters. The molecule has 0 amide bonds. The molecule has 1 heterocycles. The van der Waals surface area contributed by atoms with Gasteiger partial charge >= 0.3 is 0 Å². The van der Waals surface area contributed by atoms with E-state index >= 15 is 0 Å². The number of aliphatic hydroxyl groups excluding tert-OH is 1. The molecule has 1 aliphatic carbocycles. The quantitative estimate of drug-likeness (QED) is 0.681. The van der Waals surface area contributed by atoms with Gasteiger partial charge in [0.2, 0.25) is 0 Å². The van der Waals surface area contributed by atoms with Crippen LogP contribution in [0, 0.1) is 5.92 Å². The summed E-state index contributed by atoms with van der Waals surface area (Å²) in [5.74, 6) is 2.32. The minimum absolute atomic E-state index is 0.261. The number of β-amino-alcohol motifs (C(OH)–C–C–N with tert-alkyl or cyclic N) is 1. The second-order valence-electron chi connectivity index (χ2n) is 7.47. The molecule has 26 heavy (non-hydrogen) atoms. The number of hydrogen-bond donors (Lipinski definition) is 1. The van der Waals surface area contributed by atoms with E-state index in [1.165, 1.54) is 12.8 Å². The van der Waals surface area contributed by atoms with Crippen LogP contribution in [0.1, 0.15) is 18.4 Å². The fraction of sp³-hybridized carbons (Fsp3) is 0.700. The normalized spacial score (nSPS) is 19.5. The van der Waals surface area contributed by atoms with Crippen molar-refractivity contribution in [1.82, 2.24) is 9.80 Å². The van der Waals surface area contributed by atoms with Crippen LogP contribution in [-0.4, -0.2) is 81.2 Å². The number of aliphatic hydroxyl groups is 1. The number of para-hydroxylation sites is 1. The summed E-state index contributed by atoms with van der Waals surface area (Å²) < 4.78 is 16.9. The number of methoxy groups -OCH3 is 1. The first-order valence-corrected chi connectivity index (χ1v) is 9.61. The summed E-state index contributed by atoms with van der Waals surface area (Å²) in [6, 6.07) is 5.99. The lowest BCUT2D eigenvalue weighted by atomic mass is 10.1. The van der Waals surface area contributed by atoms with Gasteiger partial charge in [-0.25, -0.2) is 0 Å². The molecule has 1 aliphatic heterocycles.